The highest BCUT2D eigenvalue weighted by atomic mass is 32.2. The monoisotopic (exact) mass is 345 g/mol. The van der Waals surface area contributed by atoms with Crippen LogP contribution in [0.25, 0.3) is 0 Å². The number of thioether (sulfide) groups is 1. The van der Waals surface area contributed by atoms with E-state index in [1.807, 2.05) is 37.3 Å². The molecule has 1 saturated heterocycles. The normalized spacial score (nSPS) is 20.0. The number of amides is 1. The number of carboxylic acid groups (broad SMARTS) is 1. The van der Waals surface area contributed by atoms with Crippen LogP contribution in [0.4, 0.5) is 0 Å². The van der Waals surface area contributed by atoms with Crippen molar-refractivity contribution < 1.29 is 14.7 Å². The molecule has 0 saturated carbocycles. The molecule has 2 N–H and O–H groups in total. The molecule has 1 aromatic heterocycles. The molecule has 1 fully saturated rings. The molecule has 0 spiro atoms. The predicted octanol–water partition coefficient (Wildman–Crippen LogP) is 1.93. The van der Waals surface area contributed by atoms with Crippen molar-refractivity contribution in [2.45, 2.75) is 25.4 Å². The Bertz CT molecular complexity index is 752. The smallest absolute Gasteiger partial charge is 0.330 e. The van der Waals surface area contributed by atoms with Gasteiger partial charge in [0.05, 0.1) is 18.3 Å². The van der Waals surface area contributed by atoms with Crippen molar-refractivity contribution in [2.24, 2.45) is 0 Å². The number of carbonyl (C=O) groups is 2. The van der Waals surface area contributed by atoms with Gasteiger partial charge < -0.3 is 10.4 Å². The lowest BCUT2D eigenvalue weighted by Gasteiger charge is -2.24. The zero-order valence-electron chi connectivity index (χ0n) is 13.4. The van der Waals surface area contributed by atoms with Crippen LogP contribution in [-0.4, -0.2) is 43.8 Å². The van der Waals surface area contributed by atoms with Gasteiger partial charge in [0.25, 0.3) is 5.91 Å². The Hall–Kier alpha value is -2.28. The third-order valence-electron chi connectivity index (χ3n) is 4.31. The second-order valence-corrected chi connectivity index (χ2v) is 7.04. The van der Waals surface area contributed by atoms with Gasteiger partial charge in [-0.3, -0.25) is 9.48 Å². The van der Waals surface area contributed by atoms with Crippen LogP contribution in [0.1, 0.15) is 28.0 Å². The lowest BCUT2D eigenvalue weighted by molar-refractivity contribution is -0.143. The van der Waals surface area contributed by atoms with Crippen molar-refractivity contribution in [3.63, 3.8) is 0 Å². The first-order valence-corrected chi connectivity index (χ1v) is 8.87. The number of hydrogen-bond acceptors (Lipinski definition) is 4. The fraction of sp³-hybridized carbons (Fsp3) is 0.353. The maximum atomic E-state index is 12.6. The van der Waals surface area contributed by atoms with Crippen molar-refractivity contribution in [1.82, 2.24) is 15.1 Å². The molecular weight excluding hydrogens is 326 g/mol. The molecule has 0 bridgehead atoms. The summed E-state index contributed by atoms with van der Waals surface area (Å²) in [5.41, 5.74) is 1.06. The van der Waals surface area contributed by atoms with Gasteiger partial charge in [0.1, 0.15) is 5.54 Å². The Kier molecular flexibility index (Phi) is 4.62. The minimum Gasteiger partial charge on any atom is -0.479 e. The fourth-order valence-electron chi connectivity index (χ4n) is 2.76. The Balaban J connectivity index is 1.78. The van der Waals surface area contributed by atoms with E-state index >= 15 is 0 Å². The second kappa shape index (κ2) is 6.68. The van der Waals surface area contributed by atoms with Gasteiger partial charge >= 0.3 is 5.97 Å². The SMILES string of the molecule is Cc1c(C(=O)NC2(C(=O)O)CCSC2)cnn1Cc1ccccc1. The summed E-state index contributed by atoms with van der Waals surface area (Å²) in [4.78, 5) is 24.1. The Morgan fingerprint density at radius 2 is 2.12 bits per heavy atom. The van der Waals surface area contributed by atoms with Gasteiger partial charge in [-0.05, 0) is 24.7 Å². The van der Waals surface area contributed by atoms with E-state index in [0.717, 1.165) is 17.0 Å². The largest absolute Gasteiger partial charge is 0.479 e. The summed E-state index contributed by atoms with van der Waals surface area (Å²) >= 11 is 1.54. The first-order chi connectivity index (χ1) is 11.5. The number of nitrogens with zero attached hydrogens (tertiary/aromatic N) is 2. The molecule has 1 aromatic carbocycles. The van der Waals surface area contributed by atoms with E-state index in [1.54, 1.807) is 16.4 Å². The molecule has 1 atom stereocenters. The predicted molar refractivity (Wildman–Crippen MR) is 92.3 cm³/mol. The van der Waals surface area contributed by atoms with Crippen LogP contribution in [0.5, 0.6) is 0 Å². The van der Waals surface area contributed by atoms with Crippen LogP contribution < -0.4 is 5.32 Å². The quantitative estimate of drug-likeness (QED) is 0.865. The number of hydrogen-bond donors (Lipinski definition) is 2. The zero-order valence-corrected chi connectivity index (χ0v) is 14.2. The van der Waals surface area contributed by atoms with E-state index in [2.05, 4.69) is 10.4 Å². The van der Waals surface area contributed by atoms with Gasteiger partial charge in [-0.2, -0.15) is 16.9 Å². The molecule has 2 heterocycles. The van der Waals surface area contributed by atoms with E-state index in [0.29, 0.717) is 24.3 Å². The van der Waals surface area contributed by atoms with Crippen molar-refractivity contribution in [2.75, 3.05) is 11.5 Å². The number of aliphatic carboxylic acids is 1. The number of benzene rings is 1. The lowest BCUT2D eigenvalue weighted by Crippen LogP contribution is -2.54. The van der Waals surface area contributed by atoms with Crippen LogP contribution in [0.3, 0.4) is 0 Å². The molecule has 24 heavy (non-hydrogen) atoms. The Morgan fingerprint density at radius 3 is 2.75 bits per heavy atom. The van der Waals surface area contributed by atoms with Crippen LogP contribution in [0, 0.1) is 6.92 Å². The molecule has 1 aliphatic heterocycles. The average Bonchev–Trinajstić information content (AvgIpc) is 3.17. The van der Waals surface area contributed by atoms with E-state index in [-0.39, 0.29) is 5.91 Å². The van der Waals surface area contributed by atoms with Crippen molar-refractivity contribution in [3.05, 3.63) is 53.3 Å². The highest BCUT2D eigenvalue weighted by Crippen LogP contribution is 2.28. The molecule has 0 aliphatic carbocycles. The molecule has 1 aliphatic rings. The van der Waals surface area contributed by atoms with Crippen LogP contribution in [0.15, 0.2) is 36.5 Å². The first kappa shape index (κ1) is 16.6. The van der Waals surface area contributed by atoms with Crippen LogP contribution in [-0.2, 0) is 11.3 Å². The second-order valence-electron chi connectivity index (χ2n) is 5.93. The summed E-state index contributed by atoms with van der Waals surface area (Å²) in [6.45, 7) is 2.39. The summed E-state index contributed by atoms with van der Waals surface area (Å²) < 4.78 is 1.75. The molecule has 126 valence electrons. The molecule has 7 heteroatoms. The van der Waals surface area contributed by atoms with Crippen molar-refractivity contribution in [1.29, 1.82) is 0 Å². The first-order valence-electron chi connectivity index (χ1n) is 7.72. The minimum absolute atomic E-state index is 0.378. The number of carboxylic acids is 1. The minimum atomic E-state index is -1.17. The van der Waals surface area contributed by atoms with E-state index in [4.69, 9.17) is 0 Å². The number of nitrogens with one attached hydrogen (secondary N) is 1. The maximum Gasteiger partial charge on any atom is 0.330 e. The third-order valence-corrected chi connectivity index (χ3v) is 5.50. The van der Waals surface area contributed by atoms with Crippen LogP contribution in [0.2, 0.25) is 0 Å². The third kappa shape index (κ3) is 3.17. The van der Waals surface area contributed by atoms with Crippen molar-refractivity contribution >= 4 is 23.6 Å². The Labute approximate surface area is 144 Å². The standard InChI is InChI=1S/C17H19N3O3S/c1-12-14(9-18-20(12)10-13-5-3-2-4-6-13)15(21)19-17(16(22)23)7-8-24-11-17/h2-6,9H,7-8,10-11H2,1H3,(H,19,21)(H,22,23). The van der Waals surface area contributed by atoms with Crippen molar-refractivity contribution in [3.8, 4) is 0 Å². The topological polar surface area (TPSA) is 84.2 Å². The van der Waals surface area contributed by atoms with E-state index < -0.39 is 11.5 Å². The highest BCUT2D eigenvalue weighted by Gasteiger charge is 2.43. The number of carbonyl (C=O) groups excluding carboxylic acids is 1. The fourth-order valence-corrected chi connectivity index (χ4v) is 4.08. The summed E-state index contributed by atoms with van der Waals surface area (Å²) in [6.07, 6.45) is 1.95. The van der Waals surface area contributed by atoms with Gasteiger partial charge in [0.2, 0.25) is 0 Å². The molecule has 3 rings (SSSR count). The average molecular weight is 345 g/mol. The molecule has 0 radical (unpaired) electrons. The van der Waals surface area contributed by atoms with Gasteiger partial charge in [-0.1, -0.05) is 30.3 Å². The van der Waals surface area contributed by atoms with Gasteiger partial charge in [-0.25, -0.2) is 4.79 Å². The van der Waals surface area contributed by atoms with E-state index in [9.17, 15) is 14.7 Å². The van der Waals surface area contributed by atoms with Gasteiger partial charge in [0.15, 0.2) is 0 Å². The van der Waals surface area contributed by atoms with Gasteiger partial charge in [-0.15, -0.1) is 0 Å². The summed E-state index contributed by atoms with van der Waals surface area (Å²) in [5, 5.41) is 16.5. The molecule has 6 nitrogen and oxygen atoms in total. The van der Waals surface area contributed by atoms with E-state index in [1.165, 1.54) is 6.20 Å². The molecule has 1 amide bonds. The molecular formula is C17H19N3O3S. The van der Waals surface area contributed by atoms with Crippen LogP contribution >= 0.6 is 11.8 Å². The summed E-state index contributed by atoms with van der Waals surface area (Å²) in [7, 11) is 0. The zero-order chi connectivity index (χ0) is 17.2. The summed E-state index contributed by atoms with van der Waals surface area (Å²) in [5.74, 6) is -0.226. The number of rotatable bonds is 5. The highest BCUT2D eigenvalue weighted by molar-refractivity contribution is 7.99. The molecule has 2 aromatic rings. The number of aromatic nitrogens is 2. The van der Waals surface area contributed by atoms with Gasteiger partial charge in [0, 0.05) is 11.4 Å². The maximum absolute atomic E-state index is 12.6. The Morgan fingerprint density at radius 1 is 1.38 bits per heavy atom. The summed E-state index contributed by atoms with van der Waals surface area (Å²) in [6, 6.07) is 9.85. The lowest BCUT2D eigenvalue weighted by atomic mass is 9.98. The molecule has 1 unspecified atom stereocenters.